The maximum Gasteiger partial charge on any atom is 0.232 e. The average Bonchev–Trinajstić information content (AvgIpc) is 2.66. The van der Waals surface area contributed by atoms with E-state index in [-0.39, 0.29) is 11.7 Å². The molecule has 27 heavy (non-hydrogen) atoms. The van der Waals surface area contributed by atoms with E-state index in [0.29, 0.717) is 38.7 Å². The molecule has 0 spiro atoms. The molecular formula is C19H21Cl2NO4S. The van der Waals surface area contributed by atoms with Gasteiger partial charge in [-0.2, -0.15) is 0 Å². The molecule has 0 N–H and O–H groups in total. The van der Waals surface area contributed by atoms with Crippen LogP contribution in [0.15, 0.2) is 35.2 Å². The third-order valence-electron chi connectivity index (χ3n) is 3.88. The van der Waals surface area contributed by atoms with Crippen molar-refractivity contribution in [1.29, 1.82) is 0 Å². The Balaban J connectivity index is 2.10. The number of hydrogen-bond donors (Lipinski definition) is 0. The first-order chi connectivity index (χ1) is 12.9. The molecule has 2 rings (SSSR count). The van der Waals surface area contributed by atoms with Gasteiger partial charge in [-0.25, -0.2) is 0 Å². The molecule has 0 aliphatic carbocycles. The topological polar surface area (TPSA) is 48.0 Å². The average molecular weight is 430 g/mol. The van der Waals surface area contributed by atoms with Gasteiger partial charge in [0.15, 0.2) is 11.5 Å². The van der Waals surface area contributed by atoms with Gasteiger partial charge in [-0.3, -0.25) is 4.79 Å². The van der Waals surface area contributed by atoms with E-state index >= 15 is 0 Å². The van der Waals surface area contributed by atoms with Gasteiger partial charge in [-0.15, -0.1) is 11.8 Å². The number of halogens is 2. The number of hydrogen-bond acceptors (Lipinski definition) is 5. The number of ether oxygens (including phenoxy) is 3. The molecule has 0 saturated carbocycles. The zero-order valence-corrected chi connectivity index (χ0v) is 17.9. The molecule has 2 aromatic rings. The Hall–Kier alpha value is -1.76. The second kappa shape index (κ2) is 9.97. The normalized spacial score (nSPS) is 10.4. The monoisotopic (exact) mass is 429 g/mol. The highest BCUT2D eigenvalue weighted by molar-refractivity contribution is 8.00. The fraction of sp³-hybridized carbons (Fsp3) is 0.316. The lowest BCUT2D eigenvalue weighted by Crippen LogP contribution is -2.28. The van der Waals surface area contributed by atoms with Crippen LogP contribution in [-0.2, 0) is 11.3 Å². The Morgan fingerprint density at radius 1 is 1.00 bits per heavy atom. The zero-order chi connectivity index (χ0) is 20.0. The number of benzene rings is 2. The second-order valence-electron chi connectivity index (χ2n) is 5.58. The third-order valence-corrected chi connectivity index (χ3v) is 5.85. The minimum atomic E-state index is -0.0622. The van der Waals surface area contributed by atoms with E-state index in [0.717, 1.165) is 5.56 Å². The summed E-state index contributed by atoms with van der Waals surface area (Å²) in [5.41, 5.74) is 0.812. The zero-order valence-electron chi connectivity index (χ0n) is 15.5. The highest BCUT2D eigenvalue weighted by Gasteiger charge is 2.19. The number of nitrogens with zero attached hydrogens (tertiary/aromatic N) is 1. The third kappa shape index (κ3) is 5.15. The lowest BCUT2D eigenvalue weighted by molar-refractivity contribution is -0.127. The molecule has 0 unspecified atom stereocenters. The number of amides is 1. The summed E-state index contributed by atoms with van der Waals surface area (Å²) >= 11 is 13.6. The van der Waals surface area contributed by atoms with Gasteiger partial charge in [0.05, 0.1) is 37.1 Å². The van der Waals surface area contributed by atoms with Gasteiger partial charge in [0.1, 0.15) is 0 Å². The van der Waals surface area contributed by atoms with Crippen LogP contribution in [0.3, 0.4) is 0 Å². The molecule has 146 valence electrons. The van der Waals surface area contributed by atoms with Crippen molar-refractivity contribution in [3.8, 4) is 17.2 Å². The van der Waals surface area contributed by atoms with Crippen LogP contribution < -0.4 is 14.2 Å². The van der Waals surface area contributed by atoms with Crippen molar-refractivity contribution in [2.75, 3.05) is 34.1 Å². The Kier molecular flexibility index (Phi) is 7.95. The van der Waals surface area contributed by atoms with E-state index in [1.807, 2.05) is 6.07 Å². The highest BCUT2D eigenvalue weighted by atomic mass is 35.5. The molecule has 1 amide bonds. The van der Waals surface area contributed by atoms with Crippen LogP contribution in [0.2, 0.25) is 10.0 Å². The van der Waals surface area contributed by atoms with Crippen molar-refractivity contribution in [3.05, 3.63) is 45.9 Å². The Bertz CT molecular complexity index is 796. The summed E-state index contributed by atoms with van der Waals surface area (Å²) in [6.45, 7) is 0.360. The summed E-state index contributed by atoms with van der Waals surface area (Å²) in [5, 5.41) is 1.06. The first-order valence-corrected chi connectivity index (χ1v) is 9.75. The second-order valence-corrected chi connectivity index (χ2v) is 7.38. The maximum atomic E-state index is 12.5. The molecule has 0 aliphatic heterocycles. The molecule has 0 radical (unpaired) electrons. The van der Waals surface area contributed by atoms with Crippen LogP contribution in [0, 0.1) is 0 Å². The van der Waals surface area contributed by atoms with Crippen LogP contribution in [-0.4, -0.2) is 44.9 Å². The molecule has 8 heteroatoms. The first-order valence-electron chi connectivity index (χ1n) is 8.01. The largest absolute Gasteiger partial charge is 0.493 e. The predicted octanol–water partition coefficient (Wildman–Crippen LogP) is 4.77. The first kappa shape index (κ1) is 21.5. The van der Waals surface area contributed by atoms with Crippen LogP contribution >= 0.6 is 35.0 Å². The van der Waals surface area contributed by atoms with Crippen molar-refractivity contribution in [1.82, 2.24) is 4.90 Å². The quantitative estimate of drug-likeness (QED) is 0.565. The summed E-state index contributed by atoms with van der Waals surface area (Å²) in [6, 6.07) is 8.90. The van der Waals surface area contributed by atoms with E-state index in [4.69, 9.17) is 37.4 Å². The van der Waals surface area contributed by atoms with Crippen molar-refractivity contribution in [3.63, 3.8) is 0 Å². The Labute approximate surface area is 173 Å². The maximum absolute atomic E-state index is 12.5. The summed E-state index contributed by atoms with van der Waals surface area (Å²) in [6.07, 6.45) is 0. The molecule has 0 saturated heterocycles. The SMILES string of the molecule is COc1ccc(CN(C)C(=O)CSc2c(Cl)cccc2Cl)c(OC)c1OC. The summed E-state index contributed by atoms with van der Waals surface area (Å²) in [7, 11) is 6.39. The van der Waals surface area contributed by atoms with Gasteiger partial charge in [-0.05, 0) is 24.3 Å². The number of thioether (sulfide) groups is 1. The number of carbonyl (C=O) groups is 1. The highest BCUT2D eigenvalue weighted by Crippen LogP contribution is 2.40. The van der Waals surface area contributed by atoms with Crippen molar-refractivity contribution in [2.24, 2.45) is 0 Å². The fourth-order valence-corrected chi connectivity index (χ4v) is 4.12. The lowest BCUT2D eigenvalue weighted by Gasteiger charge is -2.21. The summed E-state index contributed by atoms with van der Waals surface area (Å²) in [5.74, 6) is 1.76. The van der Waals surface area contributed by atoms with Crippen LogP contribution in [0.1, 0.15) is 5.56 Å². The standard InChI is InChI=1S/C19H21Cl2NO4S/c1-22(16(23)11-27-19-13(20)6-5-7-14(19)21)10-12-8-9-15(24-2)18(26-4)17(12)25-3/h5-9H,10-11H2,1-4H3. The predicted molar refractivity (Wildman–Crippen MR) is 110 cm³/mol. The van der Waals surface area contributed by atoms with E-state index in [1.54, 1.807) is 57.5 Å². The fourth-order valence-electron chi connectivity index (χ4n) is 2.50. The smallest absolute Gasteiger partial charge is 0.232 e. The van der Waals surface area contributed by atoms with Crippen LogP contribution in [0.4, 0.5) is 0 Å². The van der Waals surface area contributed by atoms with Crippen molar-refractivity contribution >= 4 is 40.9 Å². The minimum Gasteiger partial charge on any atom is -0.493 e. The number of carbonyl (C=O) groups excluding carboxylic acids is 1. The Morgan fingerprint density at radius 3 is 2.19 bits per heavy atom. The van der Waals surface area contributed by atoms with Gasteiger partial charge in [0.25, 0.3) is 0 Å². The van der Waals surface area contributed by atoms with E-state index in [2.05, 4.69) is 0 Å². The molecule has 0 fully saturated rings. The molecule has 0 atom stereocenters. The van der Waals surface area contributed by atoms with Gasteiger partial charge in [0.2, 0.25) is 11.7 Å². The van der Waals surface area contributed by atoms with Crippen LogP contribution in [0.5, 0.6) is 17.2 Å². The van der Waals surface area contributed by atoms with Gasteiger partial charge < -0.3 is 19.1 Å². The van der Waals surface area contributed by atoms with Gasteiger partial charge in [0, 0.05) is 24.1 Å². The van der Waals surface area contributed by atoms with E-state index < -0.39 is 0 Å². The molecule has 2 aromatic carbocycles. The minimum absolute atomic E-state index is 0.0622. The van der Waals surface area contributed by atoms with Crippen LogP contribution in [0.25, 0.3) is 0 Å². The van der Waals surface area contributed by atoms with Crippen molar-refractivity contribution in [2.45, 2.75) is 11.4 Å². The molecule has 0 aromatic heterocycles. The van der Waals surface area contributed by atoms with E-state index in [1.165, 1.54) is 11.8 Å². The summed E-state index contributed by atoms with van der Waals surface area (Å²) < 4.78 is 16.1. The molecule has 0 bridgehead atoms. The molecule has 5 nitrogen and oxygen atoms in total. The molecule has 0 aliphatic rings. The Morgan fingerprint density at radius 2 is 1.63 bits per heavy atom. The molecular weight excluding hydrogens is 409 g/mol. The van der Waals surface area contributed by atoms with Gasteiger partial charge in [-0.1, -0.05) is 29.3 Å². The van der Waals surface area contributed by atoms with Gasteiger partial charge >= 0.3 is 0 Å². The molecule has 0 heterocycles. The lowest BCUT2D eigenvalue weighted by atomic mass is 10.1. The van der Waals surface area contributed by atoms with E-state index in [9.17, 15) is 4.79 Å². The van der Waals surface area contributed by atoms with Crippen molar-refractivity contribution < 1.29 is 19.0 Å². The number of rotatable bonds is 8. The number of methoxy groups -OCH3 is 3. The summed E-state index contributed by atoms with van der Waals surface area (Å²) in [4.78, 5) is 14.9.